The largest absolute Gasteiger partial charge is 0.356 e. The first-order valence-corrected chi connectivity index (χ1v) is 10.1. The van der Waals surface area contributed by atoms with Crippen molar-refractivity contribution in [1.82, 2.24) is 5.32 Å². The van der Waals surface area contributed by atoms with E-state index < -0.39 is 0 Å². The van der Waals surface area contributed by atoms with Gasteiger partial charge in [0.25, 0.3) is 0 Å². The lowest BCUT2D eigenvalue weighted by atomic mass is 9.82. The number of carbonyl (C=O) groups is 1. The quantitative estimate of drug-likeness (QED) is 0.401. The minimum absolute atomic E-state index is 0.321. The van der Waals surface area contributed by atoms with Crippen molar-refractivity contribution in [3.05, 3.63) is 0 Å². The summed E-state index contributed by atoms with van der Waals surface area (Å²) >= 11 is 0. The van der Waals surface area contributed by atoms with E-state index in [-0.39, 0.29) is 0 Å². The molecule has 0 aromatic rings. The van der Waals surface area contributed by atoms with E-state index in [2.05, 4.69) is 19.2 Å². The smallest absolute Gasteiger partial charge is 0.223 e. The average Bonchev–Trinajstić information content (AvgIpc) is 2.94. The Bertz CT molecular complexity index is 277. The van der Waals surface area contributed by atoms with Gasteiger partial charge < -0.3 is 5.32 Å². The number of nitrogens with one attached hydrogen (secondary N) is 1. The highest BCUT2D eigenvalue weighted by atomic mass is 16.2. The van der Waals surface area contributed by atoms with E-state index in [1.807, 2.05) is 0 Å². The lowest BCUT2D eigenvalue weighted by Crippen LogP contribution is -2.25. The molecule has 22 heavy (non-hydrogen) atoms. The second-order valence-corrected chi connectivity index (χ2v) is 7.21. The standard InChI is InChI=1S/C20H39NO/c1-3-5-7-9-11-13-15-18(14-12-10-8-6-4-2)19-16-17-21-20(19)22/h18-19H,3-17H2,1-2H3,(H,21,22)/t18?,19-/m1/s1. The molecule has 1 N–H and O–H groups in total. The number of amides is 1. The molecule has 1 amide bonds. The second-order valence-electron chi connectivity index (χ2n) is 7.21. The van der Waals surface area contributed by atoms with E-state index in [1.54, 1.807) is 0 Å². The molecule has 0 aliphatic carbocycles. The van der Waals surface area contributed by atoms with E-state index in [4.69, 9.17) is 0 Å². The maximum atomic E-state index is 12.0. The van der Waals surface area contributed by atoms with E-state index >= 15 is 0 Å². The molecular weight excluding hydrogens is 270 g/mol. The maximum absolute atomic E-state index is 12.0. The van der Waals surface area contributed by atoms with Gasteiger partial charge in [0.1, 0.15) is 0 Å². The highest BCUT2D eigenvalue weighted by Crippen LogP contribution is 2.30. The lowest BCUT2D eigenvalue weighted by Gasteiger charge is -2.21. The van der Waals surface area contributed by atoms with Crippen LogP contribution >= 0.6 is 0 Å². The second kappa shape index (κ2) is 13.0. The summed E-state index contributed by atoms with van der Waals surface area (Å²) in [5, 5.41) is 3.04. The van der Waals surface area contributed by atoms with Gasteiger partial charge in [-0.1, -0.05) is 84.5 Å². The summed E-state index contributed by atoms with van der Waals surface area (Å²) in [5.41, 5.74) is 0. The number of unbranched alkanes of at least 4 members (excludes halogenated alkanes) is 9. The third-order valence-corrected chi connectivity index (χ3v) is 5.27. The average molecular weight is 310 g/mol. The van der Waals surface area contributed by atoms with Gasteiger partial charge in [0.15, 0.2) is 0 Å². The maximum Gasteiger partial charge on any atom is 0.223 e. The van der Waals surface area contributed by atoms with Crippen LogP contribution in [-0.2, 0) is 4.79 Å². The highest BCUT2D eigenvalue weighted by Gasteiger charge is 2.31. The van der Waals surface area contributed by atoms with Gasteiger partial charge in [-0.05, 0) is 25.2 Å². The van der Waals surface area contributed by atoms with Gasteiger partial charge in [0, 0.05) is 12.5 Å². The zero-order chi connectivity index (χ0) is 16.0. The SMILES string of the molecule is CCCCCCCCC(CCCCCCC)[C@H]1CCNC1=O. The fraction of sp³-hybridized carbons (Fsp3) is 0.950. The van der Waals surface area contributed by atoms with Crippen molar-refractivity contribution in [2.75, 3.05) is 6.54 Å². The number of hydrogen-bond acceptors (Lipinski definition) is 1. The van der Waals surface area contributed by atoms with Crippen LogP contribution < -0.4 is 5.32 Å². The molecule has 130 valence electrons. The Labute approximate surface area is 138 Å². The molecular formula is C20H39NO. The van der Waals surface area contributed by atoms with Crippen LogP contribution in [0.25, 0.3) is 0 Å². The van der Waals surface area contributed by atoms with Gasteiger partial charge in [-0.15, -0.1) is 0 Å². The molecule has 1 aliphatic rings. The summed E-state index contributed by atoms with van der Waals surface area (Å²) in [6, 6.07) is 0. The van der Waals surface area contributed by atoms with Gasteiger partial charge in [-0.25, -0.2) is 0 Å². The number of rotatable bonds is 14. The topological polar surface area (TPSA) is 29.1 Å². The molecule has 0 aromatic carbocycles. The minimum Gasteiger partial charge on any atom is -0.356 e. The van der Waals surface area contributed by atoms with Gasteiger partial charge in [-0.3, -0.25) is 4.79 Å². The zero-order valence-electron chi connectivity index (χ0n) is 15.2. The Balaban J connectivity index is 2.23. The van der Waals surface area contributed by atoms with Crippen LogP contribution in [0.1, 0.15) is 104 Å². The molecule has 1 unspecified atom stereocenters. The molecule has 2 heteroatoms. The molecule has 1 heterocycles. The van der Waals surface area contributed by atoms with E-state index in [0.29, 0.717) is 17.7 Å². The predicted octanol–water partition coefficient (Wildman–Crippen LogP) is 5.85. The first-order valence-electron chi connectivity index (χ1n) is 10.1. The lowest BCUT2D eigenvalue weighted by molar-refractivity contribution is -0.124. The van der Waals surface area contributed by atoms with Gasteiger partial charge in [0.2, 0.25) is 5.91 Å². The molecule has 0 bridgehead atoms. The van der Waals surface area contributed by atoms with E-state index in [0.717, 1.165) is 13.0 Å². The van der Waals surface area contributed by atoms with Crippen LogP contribution in [0.3, 0.4) is 0 Å². The van der Waals surface area contributed by atoms with Crippen molar-refractivity contribution in [3.63, 3.8) is 0 Å². The molecule has 0 saturated carbocycles. The first kappa shape index (κ1) is 19.5. The summed E-state index contributed by atoms with van der Waals surface area (Å²) < 4.78 is 0. The van der Waals surface area contributed by atoms with Crippen LogP contribution in [0.2, 0.25) is 0 Å². The Hall–Kier alpha value is -0.530. The van der Waals surface area contributed by atoms with Crippen LogP contribution in [0.5, 0.6) is 0 Å². The Morgan fingerprint density at radius 1 is 0.864 bits per heavy atom. The molecule has 1 saturated heterocycles. The summed E-state index contributed by atoms with van der Waals surface area (Å²) in [6.45, 7) is 5.45. The van der Waals surface area contributed by atoms with Crippen LogP contribution in [-0.4, -0.2) is 12.5 Å². The van der Waals surface area contributed by atoms with Gasteiger partial charge in [-0.2, -0.15) is 0 Å². The molecule has 0 radical (unpaired) electrons. The van der Waals surface area contributed by atoms with Crippen molar-refractivity contribution in [2.24, 2.45) is 11.8 Å². The van der Waals surface area contributed by atoms with E-state index in [1.165, 1.54) is 83.5 Å². The number of carbonyl (C=O) groups excluding carboxylic acids is 1. The Morgan fingerprint density at radius 3 is 1.82 bits per heavy atom. The number of hydrogen-bond donors (Lipinski definition) is 1. The monoisotopic (exact) mass is 309 g/mol. The van der Waals surface area contributed by atoms with Crippen molar-refractivity contribution < 1.29 is 4.79 Å². The third-order valence-electron chi connectivity index (χ3n) is 5.27. The summed E-state index contributed by atoms with van der Waals surface area (Å²) in [6.07, 6.45) is 18.5. The van der Waals surface area contributed by atoms with Crippen molar-refractivity contribution in [3.8, 4) is 0 Å². The molecule has 0 aromatic heterocycles. The predicted molar refractivity (Wildman–Crippen MR) is 96.0 cm³/mol. The summed E-state index contributed by atoms with van der Waals surface area (Å²) in [4.78, 5) is 12.0. The van der Waals surface area contributed by atoms with Gasteiger partial charge in [0.05, 0.1) is 0 Å². The van der Waals surface area contributed by atoms with Crippen molar-refractivity contribution in [1.29, 1.82) is 0 Å². The fourth-order valence-corrected chi connectivity index (χ4v) is 3.81. The van der Waals surface area contributed by atoms with Crippen molar-refractivity contribution in [2.45, 2.75) is 104 Å². The molecule has 1 fully saturated rings. The normalized spacial score (nSPS) is 19.4. The molecule has 1 rings (SSSR count). The molecule has 1 aliphatic heterocycles. The molecule has 0 spiro atoms. The minimum atomic E-state index is 0.321. The van der Waals surface area contributed by atoms with Crippen molar-refractivity contribution >= 4 is 5.91 Å². The van der Waals surface area contributed by atoms with Crippen LogP contribution in [0, 0.1) is 11.8 Å². The third kappa shape index (κ3) is 8.19. The van der Waals surface area contributed by atoms with E-state index in [9.17, 15) is 4.79 Å². The Kier molecular flexibility index (Phi) is 11.5. The summed E-state index contributed by atoms with van der Waals surface area (Å²) in [7, 11) is 0. The Morgan fingerprint density at radius 2 is 1.36 bits per heavy atom. The molecule has 2 nitrogen and oxygen atoms in total. The first-order chi connectivity index (χ1) is 10.8. The van der Waals surface area contributed by atoms with Gasteiger partial charge >= 0.3 is 0 Å². The summed E-state index contributed by atoms with van der Waals surface area (Å²) in [5.74, 6) is 1.31. The fourth-order valence-electron chi connectivity index (χ4n) is 3.81. The van der Waals surface area contributed by atoms with Crippen LogP contribution in [0.4, 0.5) is 0 Å². The highest BCUT2D eigenvalue weighted by molar-refractivity contribution is 5.80. The molecule has 2 atom stereocenters. The zero-order valence-corrected chi connectivity index (χ0v) is 15.2. The van der Waals surface area contributed by atoms with Crippen LogP contribution in [0.15, 0.2) is 0 Å².